The molecule has 3 aromatic carbocycles. The molecule has 1 aliphatic heterocycles. The van der Waals surface area contributed by atoms with E-state index in [4.69, 9.17) is 13.9 Å². The molecule has 0 bridgehead atoms. The lowest BCUT2D eigenvalue weighted by atomic mass is 9.89. The molecule has 1 aliphatic rings. The van der Waals surface area contributed by atoms with Crippen molar-refractivity contribution < 1.29 is 54.4 Å². The minimum atomic E-state index is -1.86. The zero-order valence-corrected chi connectivity index (χ0v) is 21.7. The van der Waals surface area contributed by atoms with E-state index < -0.39 is 54.3 Å². The number of phenols is 4. The first-order valence-electron chi connectivity index (χ1n) is 12.7. The molecular weight excluding hydrogens is 552 g/mol. The van der Waals surface area contributed by atoms with Crippen molar-refractivity contribution >= 4 is 23.0 Å². The summed E-state index contributed by atoms with van der Waals surface area (Å²) in [6.07, 6.45) is -5.96. The Balaban J connectivity index is 1.49. The molecule has 7 N–H and O–H groups in total. The molecule has 0 spiro atoms. The minimum Gasteiger partial charge on any atom is -0.508 e. The lowest BCUT2D eigenvalue weighted by Crippen LogP contribution is -2.56. The van der Waals surface area contributed by atoms with Gasteiger partial charge in [-0.25, -0.2) is 4.79 Å². The zero-order chi connectivity index (χ0) is 30.1. The number of aliphatic hydroxyl groups excluding tert-OH is 3. The SMILES string of the molecule is O=C(/C=C/c1ccc(O)cc1)OC[C@H]1O[C@@H](c2c(-c3ccc(O)cc3)oc3cc(O)cc(O)c3c2=O)[C@H](O)[C@@H](O)[C@@H]1O. The van der Waals surface area contributed by atoms with Crippen LogP contribution in [0.3, 0.4) is 0 Å². The van der Waals surface area contributed by atoms with Crippen LogP contribution >= 0.6 is 0 Å². The van der Waals surface area contributed by atoms with Gasteiger partial charge in [0.05, 0.1) is 5.56 Å². The van der Waals surface area contributed by atoms with E-state index in [1.165, 1.54) is 42.5 Å². The summed E-state index contributed by atoms with van der Waals surface area (Å²) in [6, 6.07) is 13.5. The lowest BCUT2D eigenvalue weighted by Gasteiger charge is -2.40. The molecule has 0 aliphatic carbocycles. The zero-order valence-electron chi connectivity index (χ0n) is 21.7. The highest BCUT2D eigenvalue weighted by Gasteiger charge is 2.47. The second-order valence-electron chi connectivity index (χ2n) is 9.68. The van der Waals surface area contributed by atoms with E-state index in [2.05, 4.69) is 0 Å². The Morgan fingerprint density at radius 2 is 1.48 bits per heavy atom. The quantitative estimate of drug-likeness (QED) is 0.130. The predicted molar refractivity (Wildman–Crippen MR) is 147 cm³/mol. The average molecular weight is 579 g/mol. The summed E-state index contributed by atoms with van der Waals surface area (Å²) < 4.78 is 16.9. The summed E-state index contributed by atoms with van der Waals surface area (Å²) in [5.74, 6) is -2.03. The molecular formula is C30H26O12. The van der Waals surface area contributed by atoms with Crippen molar-refractivity contribution in [2.45, 2.75) is 30.5 Å². The summed E-state index contributed by atoms with van der Waals surface area (Å²) in [5, 5.41) is 71.3. The maximum absolute atomic E-state index is 13.8. The van der Waals surface area contributed by atoms with E-state index in [-0.39, 0.29) is 45.1 Å². The van der Waals surface area contributed by atoms with Crippen LogP contribution in [0, 0.1) is 0 Å². The number of carbonyl (C=O) groups excluding carboxylic acids is 1. The van der Waals surface area contributed by atoms with E-state index in [0.29, 0.717) is 5.56 Å². The van der Waals surface area contributed by atoms with Gasteiger partial charge in [-0.2, -0.15) is 0 Å². The number of aromatic hydroxyl groups is 4. The Hall–Kier alpha value is -4.88. The highest BCUT2D eigenvalue weighted by atomic mass is 16.6. The lowest BCUT2D eigenvalue weighted by molar-refractivity contribution is -0.234. The van der Waals surface area contributed by atoms with Crippen molar-refractivity contribution in [1.82, 2.24) is 0 Å². The molecule has 12 nitrogen and oxygen atoms in total. The number of ether oxygens (including phenoxy) is 2. The van der Waals surface area contributed by atoms with E-state index in [1.54, 1.807) is 12.1 Å². The molecule has 12 heteroatoms. The van der Waals surface area contributed by atoms with Crippen molar-refractivity contribution in [3.63, 3.8) is 0 Å². The number of hydrogen-bond acceptors (Lipinski definition) is 12. The normalized spacial score (nSPS) is 22.4. The van der Waals surface area contributed by atoms with Crippen LogP contribution in [0.5, 0.6) is 23.0 Å². The van der Waals surface area contributed by atoms with Gasteiger partial charge in [-0.15, -0.1) is 0 Å². The Morgan fingerprint density at radius 1 is 0.833 bits per heavy atom. The van der Waals surface area contributed by atoms with Crippen LogP contribution < -0.4 is 5.43 Å². The summed E-state index contributed by atoms with van der Waals surface area (Å²) in [5.41, 5.74) is -0.559. The van der Waals surface area contributed by atoms with Crippen LogP contribution in [0.15, 0.2) is 76.0 Å². The molecule has 0 radical (unpaired) electrons. The Labute approximate surface area is 237 Å². The largest absolute Gasteiger partial charge is 0.508 e. The van der Waals surface area contributed by atoms with Gasteiger partial charge in [-0.1, -0.05) is 12.1 Å². The highest BCUT2D eigenvalue weighted by molar-refractivity contribution is 5.88. The van der Waals surface area contributed by atoms with Crippen molar-refractivity contribution in [3.05, 3.63) is 88.1 Å². The summed E-state index contributed by atoms with van der Waals surface area (Å²) in [7, 11) is 0. The van der Waals surface area contributed by atoms with Crippen LogP contribution in [0.1, 0.15) is 17.2 Å². The molecule has 0 unspecified atom stereocenters. The third-order valence-electron chi connectivity index (χ3n) is 6.82. The number of aliphatic hydroxyl groups is 3. The Morgan fingerprint density at radius 3 is 2.14 bits per heavy atom. The maximum Gasteiger partial charge on any atom is 0.330 e. The molecule has 4 aromatic rings. The topological polar surface area (TPSA) is 207 Å². The third kappa shape index (κ3) is 5.64. The number of carbonyl (C=O) groups is 1. The van der Waals surface area contributed by atoms with Crippen molar-refractivity contribution in [1.29, 1.82) is 0 Å². The fourth-order valence-corrected chi connectivity index (χ4v) is 4.67. The van der Waals surface area contributed by atoms with Gasteiger partial charge in [-0.3, -0.25) is 4.79 Å². The van der Waals surface area contributed by atoms with Crippen LogP contribution in [0.25, 0.3) is 28.4 Å². The van der Waals surface area contributed by atoms with Crippen LogP contribution in [0.2, 0.25) is 0 Å². The van der Waals surface area contributed by atoms with Crippen molar-refractivity contribution in [2.24, 2.45) is 0 Å². The van der Waals surface area contributed by atoms with Crippen LogP contribution in [0.4, 0.5) is 0 Å². The molecule has 0 saturated carbocycles. The third-order valence-corrected chi connectivity index (χ3v) is 6.82. The minimum absolute atomic E-state index is 0.0517. The molecule has 1 fully saturated rings. The first-order chi connectivity index (χ1) is 20.0. The van der Waals surface area contributed by atoms with E-state index in [9.17, 15) is 45.3 Å². The van der Waals surface area contributed by atoms with E-state index >= 15 is 0 Å². The molecule has 218 valence electrons. The molecule has 42 heavy (non-hydrogen) atoms. The van der Waals surface area contributed by atoms with Crippen LogP contribution in [-0.2, 0) is 14.3 Å². The van der Waals surface area contributed by atoms with Gasteiger partial charge in [0, 0.05) is 23.8 Å². The second kappa shape index (κ2) is 11.5. The monoisotopic (exact) mass is 578 g/mol. The van der Waals surface area contributed by atoms with Gasteiger partial charge in [-0.05, 0) is 48.0 Å². The molecule has 5 atom stereocenters. The molecule has 2 heterocycles. The molecule has 5 rings (SSSR count). The summed E-state index contributed by atoms with van der Waals surface area (Å²) >= 11 is 0. The first-order valence-corrected chi connectivity index (χ1v) is 12.7. The molecule has 1 aromatic heterocycles. The standard InChI is InChI=1S/C30H26O12/c31-16-6-1-14(2-7-16)3-10-22(35)40-13-21-25(36)27(38)28(39)30(42-21)24-26(37)23-19(34)11-18(33)12-20(23)41-29(24)15-4-8-17(32)9-5-15/h1-12,21,25,27-28,30-34,36,38-39H,13H2/b10-3+/t21-,25-,27+,28-,30+/m1/s1. The average Bonchev–Trinajstić information content (AvgIpc) is 2.95. The van der Waals surface area contributed by atoms with Gasteiger partial charge < -0.3 is 49.6 Å². The van der Waals surface area contributed by atoms with Gasteiger partial charge >= 0.3 is 5.97 Å². The second-order valence-corrected chi connectivity index (χ2v) is 9.68. The fourth-order valence-electron chi connectivity index (χ4n) is 4.67. The van der Waals surface area contributed by atoms with Gasteiger partial charge in [0.1, 0.15) is 76.9 Å². The van der Waals surface area contributed by atoms with Gasteiger partial charge in [0.15, 0.2) is 0 Å². The summed E-state index contributed by atoms with van der Waals surface area (Å²) in [4.78, 5) is 26.1. The number of rotatable bonds is 6. The predicted octanol–water partition coefficient (Wildman–Crippen LogP) is 2.06. The number of phenolic OH excluding ortho intramolecular Hbond substituents is 4. The van der Waals surface area contributed by atoms with E-state index in [1.807, 2.05) is 0 Å². The maximum atomic E-state index is 13.8. The van der Waals surface area contributed by atoms with Crippen molar-refractivity contribution in [3.8, 4) is 34.3 Å². The Bertz CT molecular complexity index is 1690. The van der Waals surface area contributed by atoms with Gasteiger partial charge in [0.25, 0.3) is 0 Å². The fraction of sp³-hybridized carbons (Fsp3) is 0.200. The first kappa shape index (κ1) is 28.6. The van der Waals surface area contributed by atoms with E-state index in [0.717, 1.165) is 18.2 Å². The smallest absolute Gasteiger partial charge is 0.330 e. The summed E-state index contributed by atoms with van der Waals surface area (Å²) in [6.45, 7) is -0.577. The van der Waals surface area contributed by atoms with Crippen molar-refractivity contribution in [2.75, 3.05) is 6.61 Å². The number of benzene rings is 3. The van der Waals surface area contributed by atoms with Gasteiger partial charge in [0.2, 0.25) is 5.43 Å². The number of hydrogen-bond donors (Lipinski definition) is 7. The highest BCUT2D eigenvalue weighted by Crippen LogP contribution is 2.40. The number of fused-ring (bicyclic) bond motifs is 1. The van der Waals surface area contributed by atoms with Crippen LogP contribution in [-0.4, -0.2) is 72.7 Å². The Kier molecular flexibility index (Phi) is 7.87. The molecule has 1 saturated heterocycles. The molecule has 0 amide bonds. The number of esters is 1.